The molecule has 0 aliphatic carbocycles. The average molecular weight is 415 g/mol. The number of likely N-dealkylation sites (tertiary alicyclic amines) is 1. The van der Waals surface area contributed by atoms with E-state index in [4.69, 9.17) is 11.6 Å². The van der Waals surface area contributed by atoms with Crippen LogP contribution in [0.1, 0.15) is 37.1 Å². The van der Waals surface area contributed by atoms with Gasteiger partial charge < -0.3 is 10.2 Å². The van der Waals surface area contributed by atoms with E-state index in [2.05, 4.69) is 33.2 Å². The maximum absolute atomic E-state index is 12.5. The lowest BCUT2D eigenvalue weighted by Gasteiger charge is -2.36. The van der Waals surface area contributed by atoms with Crippen molar-refractivity contribution in [3.05, 3.63) is 64.9 Å². The summed E-state index contributed by atoms with van der Waals surface area (Å²) in [4.78, 5) is 21.6. The van der Waals surface area contributed by atoms with Crippen molar-refractivity contribution in [2.45, 2.75) is 38.3 Å². The molecule has 1 aliphatic rings. The monoisotopic (exact) mass is 414 g/mol. The van der Waals surface area contributed by atoms with Crippen LogP contribution >= 0.6 is 11.6 Å². The van der Waals surface area contributed by atoms with Crippen molar-refractivity contribution < 1.29 is 4.79 Å². The van der Waals surface area contributed by atoms with Crippen LogP contribution < -0.4 is 5.32 Å². The summed E-state index contributed by atoms with van der Waals surface area (Å²) < 4.78 is 0. The number of nitrogens with zero attached hydrogens (tertiary/aromatic N) is 3. The molecule has 6 heteroatoms. The highest BCUT2D eigenvalue weighted by atomic mass is 35.5. The van der Waals surface area contributed by atoms with Crippen LogP contribution in [0.4, 0.5) is 0 Å². The number of nitrogens with one attached hydrogen (secondary N) is 1. The van der Waals surface area contributed by atoms with E-state index < -0.39 is 0 Å². The number of hydrogen-bond donors (Lipinski definition) is 1. The topological polar surface area (TPSA) is 48.5 Å². The maximum atomic E-state index is 12.5. The van der Waals surface area contributed by atoms with Gasteiger partial charge in [0.1, 0.15) is 0 Å². The van der Waals surface area contributed by atoms with Crippen LogP contribution in [0.5, 0.6) is 0 Å². The van der Waals surface area contributed by atoms with Gasteiger partial charge in [0.25, 0.3) is 0 Å². The fourth-order valence-electron chi connectivity index (χ4n) is 3.88. The third kappa shape index (κ3) is 6.81. The molecule has 1 atom stereocenters. The minimum absolute atomic E-state index is 0.0263. The van der Waals surface area contributed by atoms with Gasteiger partial charge in [0.15, 0.2) is 0 Å². The van der Waals surface area contributed by atoms with Crippen LogP contribution in [0.2, 0.25) is 5.02 Å². The summed E-state index contributed by atoms with van der Waals surface area (Å²) in [6, 6.07) is 14.1. The molecular formula is C23H31ClN4O. The van der Waals surface area contributed by atoms with Gasteiger partial charge in [0.05, 0.1) is 12.6 Å². The molecule has 1 aliphatic heterocycles. The summed E-state index contributed by atoms with van der Waals surface area (Å²) >= 11 is 5.94. The molecule has 3 rings (SSSR count). The molecule has 0 bridgehead atoms. The molecule has 1 unspecified atom stereocenters. The molecule has 1 fully saturated rings. The molecule has 5 nitrogen and oxygen atoms in total. The molecule has 2 heterocycles. The van der Waals surface area contributed by atoms with Crippen LogP contribution in [0.15, 0.2) is 48.7 Å². The van der Waals surface area contributed by atoms with Crippen LogP contribution in [0.3, 0.4) is 0 Å². The highest BCUT2D eigenvalue weighted by Gasteiger charge is 2.24. The first-order chi connectivity index (χ1) is 14.0. The number of piperidine rings is 1. The van der Waals surface area contributed by atoms with E-state index in [9.17, 15) is 4.79 Å². The summed E-state index contributed by atoms with van der Waals surface area (Å²) in [5, 5.41) is 3.80. The molecule has 0 saturated carbocycles. The number of amides is 1. The second-order valence-corrected chi connectivity index (χ2v) is 8.34. The average Bonchev–Trinajstić information content (AvgIpc) is 2.73. The van der Waals surface area contributed by atoms with E-state index in [1.54, 1.807) is 0 Å². The van der Waals surface area contributed by atoms with E-state index in [-0.39, 0.29) is 11.9 Å². The first-order valence-electron chi connectivity index (χ1n) is 10.4. The van der Waals surface area contributed by atoms with Crippen molar-refractivity contribution in [2.24, 2.45) is 0 Å². The molecule has 1 amide bonds. The Morgan fingerprint density at radius 3 is 2.62 bits per heavy atom. The Labute approximate surface area is 179 Å². The lowest BCUT2D eigenvalue weighted by molar-refractivity contribution is -0.123. The third-order valence-corrected chi connectivity index (χ3v) is 5.98. The smallest absolute Gasteiger partial charge is 0.234 e. The molecule has 0 radical (unpaired) electrons. The molecule has 1 saturated heterocycles. The second kappa shape index (κ2) is 10.7. The number of carbonyl (C=O) groups is 1. The highest BCUT2D eigenvalue weighted by Crippen LogP contribution is 2.17. The Bertz CT molecular complexity index is 760. The Balaban J connectivity index is 1.38. The molecule has 2 aromatic rings. The van der Waals surface area contributed by atoms with Crippen molar-refractivity contribution in [1.29, 1.82) is 0 Å². The van der Waals surface area contributed by atoms with Gasteiger partial charge in [-0.1, -0.05) is 29.8 Å². The normalized spacial score (nSPS) is 16.7. The molecule has 1 aromatic heterocycles. The van der Waals surface area contributed by atoms with Gasteiger partial charge in [-0.2, -0.15) is 0 Å². The number of aromatic nitrogens is 1. The molecule has 29 heavy (non-hydrogen) atoms. The van der Waals surface area contributed by atoms with Crippen molar-refractivity contribution in [3.8, 4) is 0 Å². The number of pyridine rings is 1. The van der Waals surface area contributed by atoms with Crippen LogP contribution in [-0.4, -0.2) is 60.0 Å². The number of halogens is 1. The Morgan fingerprint density at radius 1 is 1.24 bits per heavy atom. The predicted molar refractivity (Wildman–Crippen MR) is 118 cm³/mol. The zero-order valence-corrected chi connectivity index (χ0v) is 18.1. The lowest BCUT2D eigenvalue weighted by Crippen LogP contribution is -2.47. The zero-order chi connectivity index (χ0) is 20.6. The van der Waals surface area contributed by atoms with Gasteiger partial charge in [0.2, 0.25) is 5.91 Å². The number of hydrogen-bond acceptors (Lipinski definition) is 4. The van der Waals surface area contributed by atoms with Gasteiger partial charge in [-0.3, -0.25) is 14.7 Å². The lowest BCUT2D eigenvalue weighted by atomic mass is 10.0. The largest absolute Gasteiger partial charge is 0.348 e. The second-order valence-electron chi connectivity index (χ2n) is 7.90. The van der Waals surface area contributed by atoms with E-state index in [0.29, 0.717) is 17.6 Å². The Morgan fingerprint density at radius 2 is 1.97 bits per heavy atom. The fraction of sp³-hybridized carbons (Fsp3) is 0.478. The minimum atomic E-state index is -0.0263. The van der Waals surface area contributed by atoms with Gasteiger partial charge in [-0.25, -0.2) is 0 Å². The van der Waals surface area contributed by atoms with Gasteiger partial charge in [-0.15, -0.1) is 0 Å². The summed E-state index contributed by atoms with van der Waals surface area (Å²) in [5.41, 5.74) is 2.21. The Hall–Kier alpha value is -1.95. The zero-order valence-electron chi connectivity index (χ0n) is 17.4. The first-order valence-corrected chi connectivity index (χ1v) is 10.8. The van der Waals surface area contributed by atoms with Crippen LogP contribution in [0.25, 0.3) is 0 Å². The van der Waals surface area contributed by atoms with Gasteiger partial charge in [0, 0.05) is 35.9 Å². The van der Waals surface area contributed by atoms with Crippen molar-refractivity contribution in [1.82, 2.24) is 20.1 Å². The molecule has 1 aromatic carbocycles. The predicted octanol–water partition coefficient (Wildman–Crippen LogP) is 3.55. The minimum Gasteiger partial charge on any atom is -0.348 e. The number of rotatable bonds is 8. The van der Waals surface area contributed by atoms with Crippen molar-refractivity contribution in [3.63, 3.8) is 0 Å². The van der Waals surface area contributed by atoms with Crippen LogP contribution in [-0.2, 0) is 11.2 Å². The van der Waals surface area contributed by atoms with Gasteiger partial charge in [-0.05, 0) is 69.7 Å². The SMILES string of the molecule is CC(NC(=O)CN(C)C1CCN(CCc2ccccn2)CC1)c1ccc(Cl)cc1. The number of carbonyl (C=O) groups excluding carboxylic acids is 1. The first kappa shape index (κ1) is 21.8. The Kier molecular flexibility index (Phi) is 8.04. The van der Waals surface area contributed by atoms with Crippen LogP contribution in [0, 0.1) is 0 Å². The van der Waals surface area contributed by atoms with E-state index in [0.717, 1.165) is 50.2 Å². The van der Waals surface area contributed by atoms with E-state index in [1.165, 1.54) is 0 Å². The summed E-state index contributed by atoms with van der Waals surface area (Å²) in [5.74, 6) is 0.0625. The van der Waals surface area contributed by atoms with E-state index in [1.807, 2.05) is 49.5 Å². The number of likely N-dealkylation sites (N-methyl/N-ethyl adjacent to an activating group) is 1. The van der Waals surface area contributed by atoms with E-state index >= 15 is 0 Å². The summed E-state index contributed by atoms with van der Waals surface area (Å²) in [6.07, 6.45) is 5.04. The highest BCUT2D eigenvalue weighted by molar-refractivity contribution is 6.30. The standard InChI is InChI=1S/C23H31ClN4O/c1-18(19-6-8-20(24)9-7-19)26-23(29)17-27(2)22-11-15-28(16-12-22)14-10-21-5-3-4-13-25-21/h3-9,13,18,22H,10-12,14-17H2,1-2H3,(H,26,29). The quantitative estimate of drug-likeness (QED) is 0.717. The molecule has 0 spiro atoms. The fourth-order valence-corrected chi connectivity index (χ4v) is 4.01. The van der Waals surface area contributed by atoms with Crippen molar-refractivity contribution in [2.75, 3.05) is 33.2 Å². The maximum Gasteiger partial charge on any atom is 0.234 e. The van der Waals surface area contributed by atoms with Gasteiger partial charge >= 0.3 is 0 Å². The number of benzene rings is 1. The molecular weight excluding hydrogens is 384 g/mol. The van der Waals surface area contributed by atoms with Crippen molar-refractivity contribution >= 4 is 17.5 Å². The third-order valence-electron chi connectivity index (χ3n) is 5.73. The summed E-state index contributed by atoms with van der Waals surface area (Å²) in [6.45, 7) is 5.62. The summed E-state index contributed by atoms with van der Waals surface area (Å²) in [7, 11) is 2.06. The molecule has 156 valence electrons. The molecule has 1 N–H and O–H groups in total.